The minimum absolute atomic E-state index is 0.0835. The summed E-state index contributed by atoms with van der Waals surface area (Å²) in [6.45, 7) is 8.49. The molecule has 112 valence electrons. The molecule has 0 fully saturated rings. The van der Waals surface area contributed by atoms with Crippen LogP contribution in [0.2, 0.25) is 0 Å². The average Bonchev–Trinajstić information content (AvgIpc) is 2.41. The van der Waals surface area contributed by atoms with Crippen molar-refractivity contribution in [3.05, 3.63) is 35.4 Å². The lowest BCUT2D eigenvalue weighted by molar-refractivity contribution is 0.429. The van der Waals surface area contributed by atoms with E-state index < -0.39 is 9.84 Å². The normalized spacial score (nSPS) is 26.6. The Morgan fingerprint density at radius 3 is 2.40 bits per heavy atom. The Balaban J connectivity index is 2.50. The quantitative estimate of drug-likeness (QED) is 0.928. The van der Waals surface area contributed by atoms with Crippen molar-refractivity contribution in [3.8, 4) is 0 Å². The molecule has 0 amide bonds. The molecule has 3 nitrogen and oxygen atoms in total. The first-order valence-corrected chi connectivity index (χ1v) is 9.05. The number of hydrogen-bond donors (Lipinski definition) is 1. The number of sulfone groups is 1. The summed E-state index contributed by atoms with van der Waals surface area (Å²) in [6.07, 6.45) is 0.704. The van der Waals surface area contributed by atoms with Crippen LogP contribution < -0.4 is 5.32 Å². The minimum atomic E-state index is -3.11. The summed E-state index contributed by atoms with van der Waals surface area (Å²) in [4.78, 5) is 0. The molecule has 4 heteroatoms. The number of fused-ring (bicyclic) bond motifs is 1. The van der Waals surface area contributed by atoms with Crippen molar-refractivity contribution >= 4 is 9.84 Å². The summed E-state index contributed by atoms with van der Waals surface area (Å²) in [5, 5.41) is 2.74. The lowest BCUT2D eigenvalue weighted by Gasteiger charge is -2.37. The number of nitrogens with one attached hydrogen (secondary N) is 1. The Bertz CT molecular complexity index is 566. The van der Waals surface area contributed by atoms with Gasteiger partial charge in [-0.2, -0.15) is 0 Å². The highest BCUT2D eigenvalue weighted by atomic mass is 32.2. The molecule has 3 unspecified atom stereocenters. The van der Waals surface area contributed by atoms with E-state index in [-0.39, 0.29) is 16.5 Å². The lowest BCUT2D eigenvalue weighted by atomic mass is 9.80. The van der Waals surface area contributed by atoms with Crippen LogP contribution in [0.15, 0.2) is 24.3 Å². The van der Waals surface area contributed by atoms with Crippen LogP contribution in [0, 0.1) is 0 Å². The van der Waals surface area contributed by atoms with E-state index in [1.54, 1.807) is 13.8 Å². The van der Waals surface area contributed by atoms with Crippen LogP contribution in [-0.4, -0.2) is 25.5 Å². The molecule has 0 spiro atoms. The van der Waals surface area contributed by atoms with Crippen molar-refractivity contribution in [2.75, 3.05) is 6.54 Å². The van der Waals surface area contributed by atoms with Gasteiger partial charge < -0.3 is 5.32 Å². The van der Waals surface area contributed by atoms with Crippen molar-refractivity contribution in [2.24, 2.45) is 0 Å². The van der Waals surface area contributed by atoms with Crippen molar-refractivity contribution in [1.82, 2.24) is 5.32 Å². The highest BCUT2D eigenvalue weighted by Gasteiger charge is 2.41. The summed E-state index contributed by atoms with van der Waals surface area (Å²) >= 11 is 0. The monoisotopic (exact) mass is 295 g/mol. The average molecular weight is 295 g/mol. The third-order valence-electron chi connectivity index (χ3n) is 4.32. The van der Waals surface area contributed by atoms with Gasteiger partial charge in [0.05, 0.1) is 10.5 Å². The first kappa shape index (κ1) is 15.5. The van der Waals surface area contributed by atoms with Crippen molar-refractivity contribution in [2.45, 2.75) is 56.6 Å². The minimum Gasteiger partial charge on any atom is -0.309 e. The molecule has 0 aromatic heterocycles. The zero-order valence-corrected chi connectivity index (χ0v) is 13.6. The fourth-order valence-electron chi connectivity index (χ4n) is 3.19. The zero-order valence-electron chi connectivity index (χ0n) is 12.8. The Kier molecular flexibility index (Phi) is 4.55. The maximum atomic E-state index is 12.7. The van der Waals surface area contributed by atoms with E-state index in [0.29, 0.717) is 12.3 Å². The topological polar surface area (TPSA) is 46.2 Å². The van der Waals surface area contributed by atoms with Gasteiger partial charge in [-0.15, -0.1) is 0 Å². The Morgan fingerprint density at radius 2 is 1.85 bits per heavy atom. The van der Waals surface area contributed by atoms with Crippen molar-refractivity contribution < 1.29 is 8.42 Å². The molecule has 0 saturated heterocycles. The van der Waals surface area contributed by atoms with Gasteiger partial charge in [-0.05, 0) is 43.9 Å². The second-order valence-electron chi connectivity index (χ2n) is 5.98. The summed E-state index contributed by atoms with van der Waals surface area (Å²) in [6, 6.07) is 8.15. The smallest absolute Gasteiger partial charge is 0.157 e. The van der Waals surface area contributed by atoms with Crippen LogP contribution in [0.5, 0.6) is 0 Å². The molecule has 3 atom stereocenters. The van der Waals surface area contributed by atoms with Crippen LogP contribution in [0.3, 0.4) is 0 Å². The van der Waals surface area contributed by atoms with Crippen LogP contribution in [0.1, 0.15) is 57.2 Å². The largest absolute Gasteiger partial charge is 0.309 e. The van der Waals surface area contributed by atoms with Gasteiger partial charge in [0, 0.05) is 6.04 Å². The van der Waals surface area contributed by atoms with E-state index in [2.05, 4.69) is 24.4 Å². The fraction of sp³-hybridized carbons (Fsp3) is 0.625. The number of rotatable bonds is 4. The fourth-order valence-corrected chi connectivity index (χ4v) is 5.07. The Hall–Kier alpha value is -0.870. The van der Waals surface area contributed by atoms with Crippen LogP contribution >= 0.6 is 0 Å². The number of benzene rings is 1. The zero-order chi connectivity index (χ0) is 14.9. The highest BCUT2D eigenvalue weighted by Crippen LogP contribution is 2.41. The van der Waals surface area contributed by atoms with Crippen LogP contribution in [-0.2, 0) is 9.84 Å². The van der Waals surface area contributed by atoms with Crippen molar-refractivity contribution in [3.63, 3.8) is 0 Å². The van der Waals surface area contributed by atoms with E-state index in [9.17, 15) is 8.42 Å². The van der Waals surface area contributed by atoms with Gasteiger partial charge in [-0.3, -0.25) is 0 Å². The van der Waals surface area contributed by atoms with E-state index in [1.165, 1.54) is 5.56 Å². The third kappa shape index (κ3) is 2.63. The summed E-state index contributed by atoms with van der Waals surface area (Å²) < 4.78 is 25.4. The molecule has 0 aliphatic heterocycles. The second kappa shape index (κ2) is 5.86. The van der Waals surface area contributed by atoms with E-state index >= 15 is 0 Å². The van der Waals surface area contributed by atoms with Gasteiger partial charge in [0.15, 0.2) is 9.84 Å². The summed E-state index contributed by atoms with van der Waals surface area (Å²) in [5.41, 5.74) is 2.44. The Morgan fingerprint density at radius 1 is 1.25 bits per heavy atom. The van der Waals surface area contributed by atoms with Gasteiger partial charge in [0.2, 0.25) is 0 Å². The van der Waals surface area contributed by atoms with E-state index in [0.717, 1.165) is 12.1 Å². The molecular weight excluding hydrogens is 270 g/mol. The lowest BCUT2D eigenvalue weighted by Crippen LogP contribution is -2.44. The predicted molar refractivity (Wildman–Crippen MR) is 83.7 cm³/mol. The molecule has 1 aliphatic rings. The molecule has 2 rings (SSSR count). The van der Waals surface area contributed by atoms with Gasteiger partial charge in [0.1, 0.15) is 0 Å². The van der Waals surface area contributed by atoms with Gasteiger partial charge >= 0.3 is 0 Å². The van der Waals surface area contributed by atoms with E-state index in [4.69, 9.17) is 0 Å². The predicted octanol–water partition coefficient (Wildman–Crippen LogP) is 3.04. The van der Waals surface area contributed by atoms with Crippen LogP contribution in [0.4, 0.5) is 0 Å². The molecule has 1 aromatic carbocycles. The molecule has 0 bridgehead atoms. The Labute approximate surface area is 122 Å². The summed E-state index contributed by atoms with van der Waals surface area (Å²) in [7, 11) is -3.11. The molecule has 1 N–H and O–H groups in total. The highest BCUT2D eigenvalue weighted by molar-refractivity contribution is 7.92. The standard InChI is InChI=1S/C16H25NO2S/c1-5-17-16-14-9-7-6-8-13(14)12(4)10-15(16)20(18,19)11(2)3/h6-9,11-12,15-17H,5,10H2,1-4H3. The second-order valence-corrected chi connectivity index (χ2v) is 8.70. The van der Waals surface area contributed by atoms with Crippen LogP contribution in [0.25, 0.3) is 0 Å². The van der Waals surface area contributed by atoms with Crippen molar-refractivity contribution in [1.29, 1.82) is 0 Å². The molecule has 0 heterocycles. The molecular formula is C16H25NO2S. The maximum Gasteiger partial charge on any atom is 0.157 e. The first-order chi connectivity index (χ1) is 9.39. The molecule has 1 aromatic rings. The van der Waals surface area contributed by atoms with Gasteiger partial charge in [-0.1, -0.05) is 38.1 Å². The SMILES string of the molecule is CCNC1c2ccccc2C(C)CC1S(=O)(=O)C(C)C. The molecule has 0 radical (unpaired) electrons. The first-order valence-electron chi connectivity index (χ1n) is 7.44. The molecule has 1 aliphatic carbocycles. The molecule has 20 heavy (non-hydrogen) atoms. The van der Waals surface area contributed by atoms with E-state index in [1.807, 2.05) is 19.1 Å². The summed E-state index contributed by atoms with van der Waals surface area (Å²) in [5.74, 6) is 0.291. The maximum absolute atomic E-state index is 12.7. The molecule has 0 saturated carbocycles. The number of hydrogen-bond acceptors (Lipinski definition) is 3. The van der Waals surface area contributed by atoms with Gasteiger partial charge in [-0.25, -0.2) is 8.42 Å². The third-order valence-corrected chi connectivity index (χ3v) is 6.95. The van der Waals surface area contributed by atoms with Gasteiger partial charge in [0.25, 0.3) is 0 Å².